The van der Waals surface area contributed by atoms with E-state index >= 15 is 0 Å². The van der Waals surface area contributed by atoms with E-state index in [1.54, 1.807) is 7.11 Å². The van der Waals surface area contributed by atoms with Gasteiger partial charge >= 0.3 is 0 Å². The average Bonchev–Trinajstić information content (AvgIpc) is 3.28. The Hall–Kier alpha value is -3.27. The normalized spacial score (nSPS) is 21.6. The predicted octanol–water partition coefficient (Wildman–Crippen LogP) is 5.42. The molecule has 0 saturated heterocycles. The molecular weight excluding hydrogens is 372 g/mol. The zero-order valence-corrected chi connectivity index (χ0v) is 17.3. The van der Waals surface area contributed by atoms with Crippen molar-refractivity contribution in [1.82, 2.24) is 5.32 Å². The molecule has 0 fully saturated rings. The zero-order valence-electron chi connectivity index (χ0n) is 17.3. The molecule has 2 N–H and O–H groups in total. The lowest BCUT2D eigenvalue weighted by atomic mass is 9.75. The van der Waals surface area contributed by atoms with Crippen molar-refractivity contribution < 1.29 is 9.53 Å². The van der Waals surface area contributed by atoms with E-state index in [1.807, 2.05) is 19.1 Å². The van der Waals surface area contributed by atoms with Gasteiger partial charge in [0.1, 0.15) is 5.75 Å². The molecule has 0 aromatic heterocycles. The first-order valence-electron chi connectivity index (χ1n) is 10.6. The molecule has 0 bridgehead atoms. The molecule has 30 heavy (non-hydrogen) atoms. The Labute approximate surface area is 176 Å². The van der Waals surface area contributed by atoms with Gasteiger partial charge in [0.05, 0.1) is 13.2 Å². The van der Waals surface area contributed by atoms with Crippen LogP contribution in [0.1, 0.15) is 46.8 Å². The Bertz CT molecular complexity index is 1150. The lowest BCUT2D eigenvalue weighted by Gasteiger charge is -2.38. The first kappa shape index (κ1) is 18.7. The Morgan fingerprint density at radius 3 is 2.87 bits per heavy atom. The third-order valence-corrected chi connectivity index (χ3v) is 6.42. The van der Waals surface area contributed by atoms with Gasteiger partial charge in [-0.05, 0) is 59.9 Å². The number of carbonyl (C=O) groups is 1. The van der Waals surface area contributed by atoms with Crippen LogP contribution in [0.3, 0.4) is 0 Å². The van der Waals surface area contributed by atoms with Crippen molar-refractivity contribution in [3.63, 3.8) is 0 Å². The Balaban J connectivity index is 1.63. The van der Waals surface area contributed by atoms with Crippen LogP contribution in [0.5, 0.6) is 5.75 Å². The summed E-state index contributed by atoms with van der Waals surface area (Å²) in [5.74, 6) is 1.56. The second-order valence-corrected chi connectivity index (χ2v) is 8.04. The van der Waals surface area contributed by atoms with Crippen LogP contribution in [0.4, 0.5) is 5.69 Å². The van der Waals surface area contributed by atoms with Crippen LogP contribution < -0.4 is 15.4 Å². The van der Waals surface area contributed by atoms with Gasteiger partial charge in [-0.15, -0.1) is 0 Å². The molecule has 3 aromatic carbocycles. The number of allylic oxidation sites excluding steroid dienone is 2. The van der Waals surface area contributed by atoms with Crippen LogP contribution >= 0.6 is 0 Å². The van der Waals surface area contributed by atoms with E-state index in [-0.39, 0.29) is 17.9 Å². The van der Waals surface area contributed by atoms with Crippen molar-refractivity contribution in [1.29, 1.82) is 0 Å². The standard InChI is InChI=1S/C26H26N2O2/c1-3-27-26(29)17-11-13-22-21(15-17)19-9-6-10-20(19)25(28-22)24-18-8-5-4-7-16(18)12-14-23(24)30-2/h4-9,11-15,19-20,25,28H,3,10H2,1-2H3,(H,27,29). The quantitative estimate of drug-likeness (QED) is 0.577. The van der Waals surface area contributed by atoms with Gasteiger partial charge in [0, 0.05) is 29.3 Å². The summed E-state index contributed by atoms with van der Waals surface area (Å²) in [6, 6.07) is 18.8. The minimum atomic E-state index is -0.0170. The maximum atomic E-state index is 12.4. The van der Waals surface area contributed by atoms with E-state index in [9.17, 15) is 4.79 Å². The van der Waals surface area contributed by atoms with Crippen molar-refractivity contribution in [2.24, 2.45) is 5.92 Å². The van der Waals surface area contributed by atoms with E-state index in [4.69, 9.17) is 4.74 Å². The molecule has 152 valence electrons. The van der Waals surface area contributed by atoms with Crippen molar-refractivity contribution in [2.75, 3.05) is 19.0 Å². The number of rotatable bonds is 4. The zero-order chi connectivity index (χ0) is 20.7. The van der Waals surface area contributed by atoms with E-state index in [0.717, 1.165) is 23.4 Å². The van der Waals surface area contributed by atoms with Crippen LogP contribution in [-0.2, 0) is 0 Å². The summed E-state index contributed by atoms with van der Waals surface area (Å²) in [4.78, 5) is 12.4. The summed E-state index contributed by atoms with van der Waals surface area (Å²) in [6.07, 6.45) is 5.57. The van der Waals surface area contributed by atoms with Gasteiger partial charge in [-0.2, -0.15) is 0 Å². The first-order valence-corrected chi connectivity index (χ1v) is 10.6. The molecule has 0 radical (unpaired) electrons. The largest absolute Gasteiger partial charge is 0.496 e. The molecule has 3 unspecified atom stereocenters. The van der Waals surface area contributed by atoms with Gasteiger partial charge in [0.25, 0.3) is 5.91 Å². The van der Waals surface area contributed by atoms with Gasteiger partial charge in [-0.25, -0.2) is 0 Å². The number of benzene rings is 3. The summed E-state index contributed by atoms with van der Waals surface area (Å²) in [5.41, 5.74) is 4.23. The maximum Gasteiger partial charge on any atom is 0.251 e. The van der Waals surface area contributed by atoms with Crippen LogP contribution in [0, 0.1) is 5.92 Å². The summed E-state index contributed by atoms with van der Waals surface area (Å²) >= 11 is 0. The highest BCUT2D eigenvalue weighted by atomic mass is 16.5. The minimum Gasteiger partial charge on any atom is -0.496 e. The van der Waals surface area contributed by atoms with Gasteiger partial charge < -0.3 is 15.4 Å². The molecule has 3 atom stereocenters. The number of methoxy groups -OCH3 is 1. The van der Waals surface area contributed by atoms with Gasteiger partial charge in [0.2, 0.25) is 0 Å². The molecule has 3 aromatic rings. The summed E-state index contributed by atoms with van der Waals surface area (Å²) in [6.45, 7) is 2.57. The lowest BCUT2D eigenvalue weighted by Crippen LogP contribution is -2.30. The molecule has 1 heterocycles. The highest BCUT2D eigenvalue weighted by Crippen LogP contribution is 2.52. The molecule has 1 aliphatic carbocycles. The number of anilines is 1. The third-order valence-electron chi connectivity index (χ3n) is 6.42. The molecule has 0 spiro atoms. The SMILES string of the molecule is CCNC(=O)c1ccc2c(c1)C1C=CCC1C(c1c(OC)ccc3ccccc13)N2. The maximum absolute atomic E-state index is 12.4. The lowest BCUT2D eigenvalue weighted by molar-refractivity contribution is 0.0955. The number of ether oxygens (including phenoxy) is 1. The molecule has 2 aliphatic rings. The summed E-state index contributed by atoms with van der Waals surface area (Å²) < 4.78 is 5.81. The van der Waals surface area contributed by atoms with Crippen LogP contribution in [-0.4, -0.2) is 19.6 Å². The Morgan fingerprint density at radius 2 is 2.03 bits per heavy atom. The molecule has 0 saturated carbocycles. The Morgan fingerprint density at radius 1 is 1.17 bits per heavy atom. The second kappa shape index (κ2) is 7.52. The Kier molecular flexibility index (Phi) is 4.70. The topological polar surface area (TPSA) is 50.4 Å². The van der Waals surface area contributed by atoms with E-state index in [1.165, 1.54) is 21.9 Å². The number of carbonyl (C=O) groups excluding carboxylic acids is 1. The number of nitrogens with one attached hydrogen (secondary N) is 2. The molecule has 4 heteroatoms. The molecular formula is C26H26N2O2. The van der Waals surface area contributed by atoms with Crippen molar-refractivity contribution >= 4 is 22.4 Å². The number of fused-ring (bicyclic) bond motifs is 4. The number of hydrogen-bond donors (Lipinski definition) is 2. The van der Waals surface area contributed by atoms with Crippen LogP contribution in [0.15, 0.2) is 66.7 Å². The van der Waals surface area contributed by atoms with Crippen LogP contribution in [0.25, 0.3) is 10.8 Å². The first-order chi connectivity index (χ1) is 14.7. The van der Waals surface area contributed by atoms with Gasteiger partial charge in [0.15, 0.2) is 0 Å². The second-order valence-electron chi connectivity index (χ2n) is 8.04. The molecule has 1 amide bonds. The molecule has 5 rings (SSSR count). The highest BCUT2D eigenvalue weighted by Gasteiger charge is 2.39. The number of hydrogen-bond acceptors (Lipinski definition) is 3. The van der Waals surface area contributed by atoms with Gasteiger partial charge in [-0.1, -0.05) is 42.5 Å². The van der Waals surface area contributed by atoms with E-state index in [2.05, 4.69) is 65.3 Å². The van der Waals surface area contributed by atoms with Crippen molar-refractivity contribution in [2.45, 2.75) is 25.3 Å². The van der Waals surface area contributed by atoms with E-state index in [0.29, 0.717) is 12.5 Å². The van der Waals surface area contributed by atoms with Crippen molar-refractivity contribution in [3.05, 3.63) is 83.4 Å². The van der Waals surface area contributed by atoms with Crippen molar-refractivity contribution in [3.8, 4) is 5.75 Å². The predicted molar refractivity (Wildman–Crippen MR) is 121 cm³/mol. The summed E-state index contributed by atoms with van der Waals surface area (Å²) in [5, 5.41) is 9.14. The van der Waals surface area contributed by atoms with E-state index < -0.39 is 0 Å². The molecule has 4 nitrogen and oxygen atoms in total. The van der Waals surface area contributed by atoms with Crippen LogP contribution in [0.2, 0.25) is 0 Å². The fraction of sp³-hybridized carbons (Fsp3) is 0.269. The fourth-order valence-corrected chi connectivity index (χ4v) is 5.06. The minimum absolute atomic E-state index is 0.0170. The monoisotopic (exact) mass is 398 g/mol. The highest BCUT2D eigenvalue weighted by molar-refractivity contribution is 5.95. The fourth-order valence-electron chi connectivity index (χ4n) is 5.06. The average molecular weight is 399 g/mol. The summed E-state index contributed by atoms with van der Waals surface area (Å²) in [7, 11) is 1.74. The smallest absolute Gasteiger partial charge is 0.251 e. The van der Waals surface area contributed by atoms with Gasteiger partial charge in [-0.3, -0.25) is 4.79 Å². The number of amides is 1. The molecule has 1 aliphatic heterocycles. The third kappa shape index (κ3) is 2.95.